The lowest BCUT2D eigenvalue weighted by atomic mass is 10.2. The van der Waals surface area contributed by atoms with Crippen molar-refractivity contribution in [1.82, 2.24) is 15.0 Å². The van der Waals surface area contributed by atoms with Crippen molar-refractivity contribution < 1.29 is 18.8 Å². The lowest BCUT2D eigenvalue weighted by molar-refractivity contribution is -0.136. The number of carbonyl (C=O) groups is 1. The van der Waals surface area contributed by atoms with Gasteiger partial charge >= 0.3 is 0 Å². The molecule has 164 valence electrons. The molecule has 0 spiro atoms. The van der Waals surface area contributed by atoms with E-state index in [4.69, 9.17) is 14.0 Å². The van der Waals surface area contributed by atoms with Crippen molar-refractivity contribution >= 4 is 5.91 Å². The minimum Gasteiger partial charge on any atom is -0.497 e. The predicted molar refractivity (Wildman–Crippen MR) is 118 cm³/mol. The molecule has 7 heteroatoms. The Labute approximate surface area is 183 Å². The van der Waals surface area contributed by atoms with Crippen molar-refractivity contribution in [2.45, 2.75) is 32.8 Å². The Bertz CT molecular complexity index is 943. The summed E-state index contributed by atoms with van der Waals surface area (Å²) in [4.78, 5) is 19.0. The van der Waals surface area contributed by atoms with Gasteiger partial charge in [-0.3, -0.25) is 4.79 Å². The Kier molecular flexibility index (Phi) is 8.60. The van der Waals surface area contributed by atoms with Crippen molar-refractivity contribution in [3.8, 4) is 17.1 Å². The van der Waals surface area contributed by atoms with Crippen LogP contribution in [0.5, 0.6) is 5.75 Å². The molecule has 7 nitrogen and oxygen atoms in total. The molecule has 2 aromatic carbocycles. The van der Waals surface area contributed by atoms with Gasteiger partial charge in [-0.2, -0.15) is 4.98 Å². The molecule has 0 atom stereocenters. The number of amides is 1. The molecule has 3 aromatic rings. The molecule has 0 unspecified atom stereocenters. The second-order valence-electron chi connectivity index (χ2n) is 7.21. The maximum absolute atomic E-state index is 12.7. The van der Waals surface area contributed by atoms with Gasteiger partial charge < -0.3 is 18.9 Å². The number of benzene rings is 2. The van der Waals surface area contributed by atoms with Gasteiger partial charge in [0.15, 0.2) is 0 Å². The number of hydrogen-bond acceptors (Lipinski definition) is 6. The van der Waals surface area contributed by atoms with E-state index < -0.39 is 0 Å². The molecule has 0 N–H and O–H groups in total. The molecule has 0 aliphatic heterocycles. The molecule has 0 bridgehead atoms. The third kappa shape index (κ3) is 6.93. The van der Waals surface area contributed by atoms with Crippen molar-refractivity contribution in [2.24, 2.45) is 0 Å². The molecule has 3 rings (SSSR count). The van der Waals surface area contributed by atoms with Crippen LogP contribution >= 0.6 is 0 Å². The highest BCUT2D eigenvalue weighted by molar-refractivity contribution is 5.77. The highest BCUT2D eigenvalue weighted by atomic mass is 16.5. The quantitative estimate of drug-likeness (QED) is 0.436. The van der Waals surface area contributed by atoms with Crippen LogP contribution in [0.15, 0.2) is 59.1 Å². The van der Waals surface area contributed by atoms with Crippen LogP contribution in [0.3, 0.4) is 0 Å². The summed E-state index contributed by atoms with van der Waals surface area (Å²) in [6, 6.07) is 17.3. The number of hydrogen-bond donors (Lipinski definition) is 0. The van der Waals surface area contributed by atoms with Crippen LogP contribution in [0.1, 0.15) is 31.2 Å². The molecule has 1 heterocycles. The first kappa shape index (κ1) is 22.5. The number of unbranched alkanes of at least 4 members (excludes halogenated alkanes) is 1. The molecule has 0 aliphatic rings. The van der Waals surface area contributed by atoms with Crippen LogP contribution < -0.4 is 4.74 Å². The summed E-state index contributed by atoms with van der Waals surface area (Å²) in [6.07, 6.45) is 2.43. The van der Waals surface area contributed by atoms with Gasteiger partial charge in [0, 0.05) is 25.1 Å². The summed E-state index contributed by atoms with van der Waals surface area (Å²) >= 11 is 0. The monoisotopic (exact) mass is 423 g/mol. The fourth-order valence-electron chi connectivity index (χ4n) is 3.10. The summed E-state index contributed by atoms with van der Waals surface area (Å²) < 4.78 is 16.3. The molecule has 0 saturated heterocycles. The number of methoxy groups -OCH3 is 1. The number of aromatic nitrogens is 2. The zero-order valence-electron chi connectivity index (χ0n) is 18.1. The van der Waals surface area contributed by atoms with Crippen molar-refractivity contribution in [3.05, 3.63) is 66.1 Å². The van der Waals surface area contributed by atoms with Crippen LogP contribution in [-0.4, -0.2) is 47.8 Å². The number of carbonyl (C=O) groups excluding carboxylic acids is 1. The van der Waals surface area contributed by atoms with Crippen LogP contribution in [0.25, 0.3) is 11.4 Å². The summed E-state index contributed by atoms with van der Waals surface area (Å²) in [6.45, 7) is 3.76. The van der Waals surface area contributed by atoms with E-state index in [0.717, 1.165) is 29.7 Å². The SMILES string of the molecule is CCCCN(CCc1nc(-c2cccc(OC)c2)no1)C(=O)COCc1ccccc1. The average molecular weight is 424 g/mol. The van der Waals surface area contributed by atoms with E-state index in [9.17, 15) is 4.79 Å². The highest BCUT2D eigenvalue weighted by Crippen LogP contribution is 2.21. The standard InChI is InChI=1S/C24H29N3O4/c1-3-4-14-27(23(28)18-30-17-19-9-6-5-7-10-19)15-13-22-25-24(26-31-22)20-11-8-12-21(16-20)29-2/h5-12,16H,3-4,13-15,17-18H2,1-2H3. The van der Waals surface area contributed by atoms with E-state index in [1.54, 1.807) is 7.11 Å². The Balaban J connectivity index is 1.54. The van der Waals surface area contributed by atoms with Crippen LogP contribution in [-0.2, 0) is 22.6 Å². The summed E-state index contributed by atoms with van der Waals surface area (Å²) in [7, 11) is 1.62. The molecule has 0 radical (unpaired) electrons. The third-order valence-electron chi connectivity index (χ3n) is 4.86. The van der Waals surface area contributed by atoms with Crippen LogP contribution in [0.4, 0.5) is 0 Å². The third-order valence-corrected chi connectivity index (χ3v) is 4.86. The summed E-state index contributed by atoms with van der Waals surface area (Å²) in [5.74, 6) is 1.71. The fraction of sp³-hybridized carbons (Fsp3) is 0.375. The maximum atomic E-state index is 12.7. The Morgan fingerprint density at radius 3 is 2.71 bits per heavy atom. The van der Waals surface area contributed by atoms with E-state index in [-0.39, 0.29) is 12.5 Å². The van der Waals surface area contributed by atoms with Crippen molar-refractivity contribution in [1.29, 1.82) is 0 Å². The maximum Gasteiger partial charge on any atom is 0.248 e. The van der Waals surface area contributed by atoms with Crippen LogP contribution in [0, 0.1) is 0 Å². The van der Waals surface area contributed by atoms with Crippen molar-refractivity contribution in [2.75, 3.05) is 26.8 Å². The van der Waals surface area contributed by atoms with Crippen molar-refractivity contribution in [3.63, 3.8) is 0 Å². The van der Waals surface area contributed by atoms with Gasteiger partial charge in [-0.1, -0.05) is 61.0 Å². The molecule has 0 fully saturated rings. The highest BCUT2D eigenvalue weighted by Gasteiger charge is 2.16. The second kappa shape index (κ2) is 11.9. The molecular weight excluding hydrogens is 394 g/mol. The molecule has 1 amide bonds. The predicted octanol–water partition coefficient (Wildman–Crippen LogP) is 4.13. The van der Waals surface area contributed by atoms with E-state index in [2.05, 4.69) is 17.1 Å². The van der Waals surface area contributed by atoms with Gasteiger partial charge in [0.1, 0.15) is 12.4 Å². The molecule has 0 saturated carbocycles. The lowest BCUT2D eigenvalue weighted by Gasteiger charge is -2.21. The summed E-state index contributed by atoms with van der Waals surface area (Å²) in [5.41, 5.74) is 1.87. The largest absolute Gasteiger partial charge is 0.497 e. The Morgan fingerprint density at radius 2 is 1.94 bits per heavy atom. The van der Waals surface area contributed by atoms with E-state index in [1.165, 1.54) is 0 Å². The first-order valence-electron chi connectivity index (χ1n) is 10.6. The number of nitrogens with zero attached hydrogens (tertiary/aromatic N) is 3. The van der Waals surface area contributed by atoms with Gasteiger partial charge in [-0.05, 0) is 24.1 Å². The summed E-state index contributed by atoms with van der Waals surface area (Å²) in [5, 5.41) is 4.06. The molecular formula is C24H29N3O4. The molecule has 0 aliphatic carbocycles. The van der Waals surface area contributed by atoms with Gasteiger partial charge in [0.2, 0.25) is 17.6 Å². The first-order valence-corrected chi connectivity index (χ1v) is 10.6. The van der Waals surface area contributed by atoms with Crippen LogP contribution in [0.2, 0.25) is 0 Å². The normalized spacial score (nSPS) is 10.8. The van der Waals surface area contributed by atoms with E-state index in [1.807, 2.05) is 59.5 Å². The van der Waals surface area contributed by atoms with E-state index >= 15 is 0 Å². The van der Waals surface area contributed by atoms with Gasteiger partial charge in [-0.15, -0.1) is 0 Å². The smallest absolute Gasteiger partial charge is 0.248 e. The minimum atomic E-state index is -0.0306. The van der Waals surface area contributed by atoms with Gasteiger partial charge in [0.25, 0.3) is 0 Å². The molecule has 1 aromatic heterocycles. The average Bonchev–Trinajstić information content (AvgIpc) is 3.29. The number of ether oxygens (including phenoxy) is 2. The Hall–Kier alpha value is -3.19. The van der Waals surface area contributed by atoms with E-state index in [0.29, 0.717) is 37.8 Å². The van der Waals surface area contributed by atoms with Gasteiger partial charge in [0.05, 0.1) is 13.7 Å². The zero-order chi connectivity index (χ0) is 21.9. The minimum absolute atomic E-state index is 0.0306. The first-order chi connectivity index (χ1) is 15.2. The molecule has 31 heavy (non-hydrogen) atoms. The topological polar surface area (TPSA) is 77.7 Å². The lowest BCUT2D eigenvalue weighted by Crippen LogP contribution is -2.36. The van der Waals surface area contributed by atoms with Gasteiger partial charge in [-0.25, -0.2) is 0 Å². The second-order valence-corrected chi connectivity index (χ2v) is 7.21. The number of rotatable bonds is 12. The fourth-order valence-corrected chi connectivity index (χ4v) is 3.10. The zero-order valence-corrected chi connectivity index (χ0v) is 18.1. The Morgan fingerprint density at radius 1 is 1.10 bits per heavy atom.